The van der Waals surface area contributed by atoms with Gasteiger partial charge in [0.15, 0.2) is 11.6 Å². The molecule has 0 aromatic heterocycles. The summed E-state index contributed by atoms with van der Waals surface area (Å²) in [6.07, 6.45) is 0. The Kier molecular flexibility index (Phi) is 5.32. The molecule has 1 atom stereocenters. The van der Waals surface area contributed by atoms with Gasteiger partial charge >= 0.3 is 0 Å². The van der Waals surface area contributed by atoms with E-state index >= 15 is 0 Å². The van der Waals surface area contributed by atoms with Crippen LogP contribution in [0.15, 0.2) is 18.2 Å². The van der Waals surface area contributed by atoms with Crippen LogP contribution < -0.4 is 10.1 Å². The lowest BCUT2D eigenvalue weighted by molar-refractivity contribution is 0.139. The normalized spacial score (nSPS) is 13.7. The number of nitrogens with one attached hydrogen (secondary N) is 1. The van der Waals surface area contributed by atoms with Crippen molar-refractivity contribution in [2.75, 3.05) is 27.7 Å². The molecular weight excluding hydrogens is 243 g/mol. The van der Waals surface area contributed by atoms with Crippen LogP contribution in [0.25, 0.3) is 0 Å². The highest BCUT2D eigenvalue weighted by atomic mass is 19.1. The van der Waals surface area contributed by atoms with Crippen molar-refractivity contribution in [3.8, 4) is 5.75 Å². The molecule has 0 spiro atoms. The smallest absolute Gasteiger partial charge is 0.165 e. The van der Waals surface area contributed by atoms with E-state index in [1.54, 1.807) is 12.1 Å². The van der Waals surface area contributed by atoms with Gasteiger partial charge in [-0.2, -0.15) is 0 Å². The number of rotatable bonds is 6. The van der Waals surface area contributed by atoms with Gasteiger partial charge in [-0.05, 0) is 52.2 Å². The number of methoxy groups -OCH3 is 1. The predicted molar refractivity (Wildman–Crippen MR) is 77.1 cm³/mol. The maximum absolute atomic E-state index is 13.9. The molecule has 1 N–H and O–H groups in total. The molecule has 19 heavy (non-hydrogen) atoms. The van der Waals surface area contributed by atoms with Crippen LogP contribution in [0.3, 0.4) is 0 Å². The van der Waals surface area contributed by atoms with Gasteiger partial charge in [0, 0.05) is 5.54 Å². The second-order valence-corrected chi connectivity index (χ2v) is 5.43. The highest BCUT2D eigenvalue weighted by Crippen LogP contribution is 2.31. The van der Waals surface area contributed by atoms with E-state index in [0.717, 1.165) is 12.1 Å². The van der Waals surface area contributed by atoms with Gasteiger partial charge in [-0.1, -0.05) is 13.0 Å². The molecule has 3 nitrogen and oxygen atoms in total. The fourth-order valence-electron chi connectivity index (χ4n) is 2.10. The summed E-state index contributed by atoms with van der Waals surface area (Å²) >= 11 is 0. The van der Waals surface area contributed by atoms with Crippen molar-refractivity contribution in [2.45, 2.75) is 32.4 Å². The van der Waals surface area contributed by atoms with Crippen molar-refractivity contribution in [3.63, 3.8) is 0 Å². The number of likely N-dealkylation sites (N-methyl/N-ethyl adjacent to an activating group) is 2. The number of halogens is 1. The number of benzene rings is 1. The summed E-state index contributed by atoms with van der Waals surface area (Å²) in [5, 5.41) is 3.44. The van der Waals surface area contributed by atoms with Gasteiger partial charge in [-0.3, -0.25) is 0 Å². The Hall–Kier alpha value is -1.13. The van der Waals surface area contributed by atoms with Gasteiger partial charge in [0.25, 0.3) is 0 Å². The Labute approximate surface area is 115 Å². The van der Waals surface area contributed by atoms with Gasteiger partial charge < -0.3 is 15.0 Å². The van der Waals surface area contributed by atoms with E-state index in [0.29, 0.717) is 0 Å². The minimum Gasteiger partial charge on any atom is -0.494 e. The molecule has 0 bridgehead atoms. The molecular formula is C15H25FN2O. The molecule has 1 aromatic carbocycles. The zero-order valence-electron chi connectivity index (χ0n) is 12.7. The van der Waals surface area contributed by atoms with Gasteiger partial charge in [-0.15, -0.1) is 0 Å². The molecule has 4 heteroatoms. The summed E-state index contributed by atoms with van der Waals surface area (Å²) in [6, 6.07) is 5.20. The summed E-state index contributed by atoms with van der Waals surface area (Å²) in [5.74, 6) is -0.0425. The standard InChI is InChI=1S/C15H25FN2O/c1-7-17-14(15(2,3)18(4)5)11-8-9-13(19-6)12(16)10-11/h8-10,14,17H,7H2,1-6H3. The summed E-state index contributed by atoms with van der Waals surface area (Å²) in [7, 11) is 5.54. The van der Waals surface area contributed by atoms with E-state index < -0.39 is 0 Å². The second kappa shape index (κ2) is 6.35. The Bertz CT molecular complexity index is 419. The van der Waals surface area contributed by atoms with Crippen LogP contribution in [-0.2, 0) is 0 Å². The zero-order valence-corrected chi connectivity index (χ0v) is 12.7. The molecule has 0 heterocycles. The highest BCUT2D eigenvalue weighted by molar-refractivity contribution is 5.32. The van der Waals surface area contributed by atoms with Crippen molar-refractivity contribution in [3.05, 3.63) is 29.6 Å². The lowest BCUT2D eigenvalue weighted by Crippen LogP contribution is -2.49. The van der Waals surface area contributed by atoms with Crippen molar-refractivity contribution >= 4 is 0 Å². The van der Waals surface area contributed by atoms with Gasteiger partial charge in [0.05, 0.1) is 13.2 Å². The average molecular weight is 268 g/mol. The molecule has 0 aliphatic heterocycles. The fourth-order valence-corrected chi connectivity index (χ4v) is 2.10. The van der Waals surface area contributed by atoms with E-state index in [1.807, 2.05) is 20.2 Å². The minimum absolute atomic E-state index is 0.0490. The first-order valence-corrected chi connectivity index (χ1v) is 6.58. The van der Waals surface area contributed by atoms with Crippen LogP contribution in [0.2, 0.25) is 0 Å². The number of nitrogens with zero attached hydrogens (tertiary/aromatic N) is 1. The Morgan fingerprint density at radius 2 is 2.00 bits per heavy atom. The van der Waals surface area contributed by atoms with Gasteiger partial charge in [0.1, 0.15) is 0 Å². The third-order valence-electron chi connectivity index (χ3n) is 3.78. The van der Waals surface area contributed by atoms with Crippen molar-refractivity contribution in [2.24, 2.45) is 0 Å². The van der Waals surface area contributed by atoms with E-state index in [1.165, 1.54) is 7.11 Å². The molecule has 0 fully saturated rings. The molecule has 0 aliphatic carbocycles. The topological polar surface area (TPSA) is 24.5 Å². The van der Waals surface area contributed by atoms with Crippen LogP contribution in [0.5, 0.6) is 5.75 Å². The van der Waals surface area contributed by atoms with E-state index in [4.69, 9.17) is 4.74 Å². The van der Waals surface area contributed by atoms with Crippen LogP contribution >= 0.6 is 0 Å². The average Bonchev–Trinajstić information content (AvgIpc) is 2.35. The minimum atomic E-state index is -0.322. The van der Waals surface area contributed by atoms with Gasteiger partial charge in [-0.25, -0.2) is 4.39 Å². The maximum Gasteiger partial charge on any atom is 0.165 e. The maximum atomic E-state index is 13.9. The van der Waals surface area contributed by atoms with Gasteiger partial charge in [0.2, 0.25) is 0 Å². The SMILES string of the molecule is CCNC(c1ccc(OC)c(F)c1)C(C)(C)N(C)C. The second-order valence-electron chi connectivity index (χ2n) is 5.43. The number of ether oxygens (including phenoxy) is 1. The molecule has 1 aromatic rings. The summed E-state index contributed by atoms with van der Waals surface area (Å²) in [6.45, 7) is 7.17. The first kappa shape index (κ1) is 15.9. The third-order valence-corrected chi connectivity index (χ3v) is 3.78. The number of hydrogen-bond donors (Lipinski definition) is 1. The van der Waals surface area contributed by atoms with Crippen LogP contribution in [0, 0.1) is 5.82 Å². The van der Waals surface area contributed by atoms with Crippen molar-refractivity contribution in [1.29, 1.82) is 0 Å². The predicted octanol–water partition coefficient (Wildman–Crippen LogP) is 2.83. The monoisotopic (exact) mass is 268 g/mol. The molecule has 0 saturated carbocycles. The number of hydrogen-bond acceptors (Lipinski definition) is 3. The molecule has 1 unspecified atom stereocenters. The lowest BCUT2D eigenvalue weighted by Gasteiger charge is -2.41. The molecule has 108 valence electrons. The zero-order chi connectivity index (χ0) is 14.6. The molecule has 0 amide bonds. The van der Waals surface area contributed by atoms with Crippen LogP contribution in [0.4, 0.5) is 4.39 Å². The molecule has 0 saturated heterocycles. The van der Waals surface area contributed by atoms with E-state index in [-0.39, 0.29) is 23.1 Å². The van der Waals surface area contributed by atoms with Crippen LogP contribution in [-0.4, -0.2) is 38.2 Å². The third kappa shape index (κ3) is 3.45. The first-order valence-electron chi connectivity index (χ1n) is 6.58. The lowest BCUT2D eigenvalue weighted by atomic mass is 9.87. The molecule has 1 rings (SSSR count). The Morgan fingerprint density at radius 1 is 1.37 bits per heavy atom. The largest absolute Gasteiger partial charge is 0.494 e. The fraction of sp³-hybridized carbons (Fsp3) is 0.600. The summed E-state index contributed by atoms with van der Waals surface area (Å²) in [5.41, 5.74) is 0.802. The van der Waals surface area contributed by atoms with Crippen LogP contribution in [0.1, 0.15) is 32.4 Å². The summed E-state index contributed by atoms with van der Waals surface area (Å²) in [4.78, 5) is 2.14. The van der Waals surface area contributed by atoms with Crippen molar-refractivity contribution < 1.29 is 9.13 Å². The van der Waals surface area contributed by atoms with E-state index in [9.17, 15) is 4.39 Å². The first-order chi connectivity index (χ1) is 8.84. The Morgan fingerprint density at radius 3 is 2.42 bits per heavy atom. The molecule has 0 radical (unpaired) electrons. The highest BCUT2D eigenvalue weighted by Gasteiger charge is 2.32. The van der Waals surface area contributed by atoms with Crippen molar-refractivity contribution in [1.82, 2.24) is 10.2 Å². The summed E-state index contributed by atoms with van der Waals surface area (Å²) < 4.78 is 18.8. The Balaban J connectivity index is 3.16. The molecule has 0 aliphatic rings. The quantitative estimate of drug-likeness (QED) is 0.858. The van der Waals surface area contributed by atoms with E-state index in [2.05, 4.69) is 31.0 Å².